The van der Waals surface area contributed by atoms with Gasteiger partial charge in [-0.25, -0.2) is 9.80 Å². The van der Waals surface area contributed by atoms with Crippen LogP contribution in [0.2, 0.25) is 5.02 Å². The number of nitrogens with zero attached hydrogens (tertiary/aromatic N) is 4. The number of phenolic OH excluding ortho intramolecular Hbond substituents is 1. The molecule has 62 heavy (non-hydrogen) atoms. The summed E-state index contributed by atoms with van der Waals surface area (Å²) in [5.41, 5.74) is -3.31. The van der Waals surface area contributed by atoms with Gasteiger partial charge in [0.2, 0.25) is 23.6 Å². The average Bonchev–Trinajstić information content (AvgIpc) is 3.88. The van der Waals surface area contributed by atoms with Crippen molar-refractivity contribution in [2.24, 2.45) is 36.1 Å². The Labute approximate surface area is 358 Å². The van der Waals surface area contributed by atoms with E-state index in [9.17, 15) is 45.8 Å². The number of hydrogen-bond donors (Lipinski definition) is 1. The third kappa shape index (κ3) is 6.07. The number of thiophene rings is 1. The van der Waals surface area contributed by atoms with Gasteiger partial charge in [0, 0.05) is 34.3 Å². The van der Waals surface area contributed by atoms with Crippen LogP contribution in [0.15, 0.2) is 85.0 Å². The molecule has 17 heteroatoms. The first-order valence-corrected chi connectivity index (χ1v) is 20.8. The molecular weight excluding hydrogens is 858 g/mol. The van der Waals surface area contributed by atoms with Crippen molar-refractivity contribution in [2.45, 2.75) is 51.4 Å². The number of para-hydroxylation sites is 1. The number of aryl methyl sites for hydroxylation is 2. The maximum atomic E-state index is 15.2. The number of alkyl halides is 6. The van der Waals surface area contributed by atoms with E-state index in [1.807, 2.05) is 19.1 Å². The zero-order valence-electron chi connectivity index (χ0n) is 33.1. The lowest BCUT2D eigenvalue weighted by atomic mass is 9.51. The molecular formula is C45H35ClF6N4O5S. The van der Waals surface area contributed by atoms with Crippen LogP contribution in [0.3, 0.4) is 0 Å². The summed E-state index contributed by atoms with van der Waals surface area (Å²) in [6.07, 6.45) is -7.33. The van der Waals surface area contributed by atoms with E-state index in [1.54, 1.807) is 56.5 Å². The molecule has 2 aliphatic carbocycles. The normalized spacial score (nSPS) is 25.1. The molecule has 9 rings (SSSR count). The zero-order valence-corrected chi connectivity index (χ0v) is 34.6. The second kappa shape index (κ2) is 14.1. The number of aromatic hydroxyl groups is 1. The minimum atomic E-state index is -5.24. The topological polar surface area (TPSA) is 113 Å². The smallest absolute Gasteiger partial charge is 0.416 e. The van der Waals surface area contributed by atoms with Gasteiger partial charge in [0.1, 0.15) is 17.3 Å². The molecule has 3 fully saturated rings. The van der Waals surface area contributed by atoms with Gasteiger partial charge in [0.05, 0.1) is 44.9 Å². The number of anilines is 2. The molecule has 2 aliphatic heterocycles. The maximum Gasteiger partial charge on any atom is 0.416 e. The molecule has 0 bridgehead atoms. The van der Waals surface area contributed by atoms with E-state index in [-0.39, 0.29) is 42.5 Å². The number of fused-ring (bicyclic) bond motifs is 5. The number of phenols is 1. The number of rotatable bonds is 6. The van der Waals surface area contributed by atoms with E-state index in [2.05, 4.69) is 6.58 Å². The molecule has 2 aromatic heterocycles. The molecule has 4 heterocycles. The summed E-state index contributed by atoms with van der Waals surface area (Å²) in [4.78, 5) is 61.1. The van der Waals surface area contributed by atoms with Crippen molar-refractivity contribution in [1.29, 1.82) is 0 Å². The number of hydrogen-bond acceptors (Lipinski definition) is 7. The lowest BCUT2D eigenvalue weighted by Gasteiger charge is -2.49. The number of benzene rings is 3. The van der Waals surface area contributed by atoms with Gasteiger partial charge in [-0.15, -0.1) is 17.9 Å². The predicted octanol–water partition coefficient (Wildman–Crippen LogP) is 10.2. The Kier molecular flexibility index (Phi) is 9.49. The molecule has 4 aliphatic rings. The molecule has 0 spiro atoms. The van der Waals surface area contributed by atoms with Crippen molar-refractivity contribution in [3.63, 3.8) is 0 Å². The van der Waals surface area contributed by atoms with Gasteiger partial charge >= 0.3 is 12.4 Å². The highest BCUT2D eigenvalue weighted by Gasteiger charge is 2.68. The standard InChI is InChI=1S/C45H35ClF6N4O5S/c1-5-7-21-8-6-9-28(37(21)57)36-26-11-12-27-35(41(60)55(39(27)58)25-15-22(44(47,48)49)14-23(16-25)45(50,51)52)30(26)18-31-40(59)56(42(61)43(31,36)3)34-19-32(53-54(34)4)38-20(2)29-17-24(46)10-13-33(29)62-38/h5-6,8-11,13-17,19,27,30-31,35-36,57H,1,7,12,18H2,2-4H3/t27-,30+,31-,35-,36+,43+/m0/s1. The number of amides is 4. The molecule has 6 atom stereocenters. The van der Waals surface area contributed by atoms with Crippen molar-refractivity contribution in [3.8, 4) is 16.3 Å². The first-order valence-electron chi connectivity index (χ1n) is 19.6. The van der Waals surface area contributed by atoms with Crippen LogP contribution in [-0.2, 0) is 45.0 Å². The predicted molar refractivity (Wildman–Crippen MR) is 219 cm³/mol. The van der Waals surface area contributed by atoms with Crippen LogP contribution in [0.25, 0.3) is 20.7 Å². The minimum Gasteiger partial charge on any atom is -0.507 e. The van der Waals surface area contributed by atoms with Crippen LogP contribution in [0, 0.1) is 36.0 Å². The fourth-order valence-corrected chi connectivity index (χ4v) is 11.6. The van der Waals surface area contributed by atoms with Crippen molar-refractivity contribution < 1.29 is 50.6 Å². The van der Waals surface area contributed by atoms with Crippen LogP contribution < -0.4 is 9.80 Å². The summed E-state index contributed by atoms with van der Waals surface area (Å²) in [5, 5.41) is 18.0. The summed E-state index contributed by atoms with van der Waals surface area (Å²) in [7, 11) is 1.59. The maximum absolute atomic E-state index is 15.2. The number of halogens is 7. The van der Waals surface area contributed by atoms with E-state index in [4.69, 9.17) is 16.7 Å². The van der Waals surface area contributed by atoms with E-state index >= 15 is 4.79 Å². The Morgan fingerprint density at radius 3 is 2.29 bits per heavy atom. The van der Waals surface area contributed by atoms with Gasteiger partial charge in [0.15, 0.2) is 0 Å². The van der Waals surface area contributed by atoms with E-state index in [1.165, 1.54) is 16.0 Å². The van der Waals surface area contributed by atoms with Crippen molar-refractivity contribution >= 4 is 68.2 Å². The lowest BCUT2D eigenvalue weighted by molar-refractivity contribution is -0.143. The Hall–Kier alpha value is -5.74. The van der Waals surface area contributed by atoms with Crippen LogP contribution in [0.5, 0.6) is 5.75 Å². The number of imide groups is 2. The van der Waals surface area contributed by atoms with Crippen molar-refractivity contribution in [2.75, 3.05) is 9.80 Å². The van der Waals surface area contributed by atoms with Gasteiger partial charge in [0.25, 0.3) is 0 Å². The average molecular weight is 893 g/mol. The summed E-state index contributed by atoms with van der Waals surface area (Å²) in [5.74, 6) is -9.03. The van der Waals surface area contributed by atoms with Gasteiger partial charge in [-0.3, -0.25) is 23.9 Å². The van der Waals surface area contributed by atoms with Gasteiger partial charge in [-0.1, -0.05) is 47.5 Å². The Bertz CT molecular complexity index is 2810. The largest absolute Gasteiger partial charge is 0.507 e. The number of allylic oxidation sites excluding steroid dienone is 3. The van der Waals surface area contributed by atoms with E-state index < -0.39 is 87.8 Å². The Morgan fingerprint density at radius 2 is 1.63 bits per heavy atom. The SMILES string of the molecule is C=CCc1cccc([C@H]2C3=CC[C@@H]4C(=O)N(c5cc(C(F)(F)F)cc(C(F)(F)F)c5)C(=O)[C@@H]4[C@@H]3C[C@H]3C(=O)N(c4cc(-c5sc6ccc(Cl)cc6c5C)nn4C)C(=O)[C@@]23C)c1O. The lowest BCUT2D eigenvalue weighted by Crippen LogP contribution is -2.49. The highest BCUT2D eigenvalue weighted by atomic mass is 35.5. The van der Waals surface area contributed by atoms with Crippen LogP contribution in [0.4, 0.5) is 37.8 Å². The van der Waals surface area contributed by atoms with E-state index in [0.717, 1.165) is 25.4 Å². The Balaban J connectivity index is 1.16. The monoisotopic (exact) mass is 892 g/mol. The fraction of sp³-hybridized carbons (Fsp3) is 0.311. The first kappa shape index (κ1) is 41.6. The first-order chi connectivity index (χ1) is 29.2. The third-order valence-corrected chi connectivity index (χ3v) is 14.7. The number of carbonyl (C=O) groups excluding carboxylic acids is 4. The van der Waals surface area contributed by atoms with Crippen LogP contribution in [0.1, 0.15) is 53.5 Å². The van der Waals surface area contributed by atoms with Crippen molar-refractivity contribution in [1.82, 2.24) is 9.78 Å². The Morgan fingerprint density at radius 1 is 0.935 bits per heavy atom. The summed E-state index contributed by atoms with van der Waals surface area (Å²) in [6.45, 7) is 7.31. The minimum absolute atomic E-state index is 0.0832. The molecule has 9 nitrogen and oxygen atoms in total. The molecule has 0 radical (unpaired) electrons. The second-order valence-electron chi connectivity index (χ2n) is 16.5. The molecule has 4 amide bonds. The van der Waals surface area contributed by atoms with Gasteiger partial charge in [-0.2, -0.15) is 31.4 Å². The third-order valence-electron chi connectivity index (χ3n) is 13.1. The van der Waals surface area contributed by atoms with Gasteiger partial charge < -0.3 is 5.11 Å². The van der Waals surface area contributed by atoms with Gasteiger partial charge in [-0.05, 0) is 91.9 Å². The highest BCUT2D eigenvalue weighted by Crippen LogP contribution is 2.65. The highest BCUT2D eigenvalue weighted by molar-refractivity contribution is 7.22. The number of aromatic nitrogens is 2. The molecule has 2 saturated heterocycles. The molecule has 1 saturated carbocycles. The summed E-state index contributed by atoms with van der Waals surface area (Å²) in [6, 6.07) is 12.7. The zero-order chi connectivity index (χ0) is 44.5. The van der Waals surface area contributed by atoms with Crippen LogP contribution in [-0.4, -0.2) is 38.5 Å². The quantitative estimate of drug-likeness (QED) is 0.103. The summed E-state index contributed by atoms with van der Waals surface area (Å²) < 4.78 is 86.1. The second-order valence-corrected chi connectivity index (χ2v) is 18.0. The van der Waals surface area contributed by atoms with E-state index in [0.29, 0.717) is 38.9 Å². The fourth-order valence-electron chi connectivity index (χ4n) is 10.3. The molecule has 5 aromatic rings. The molecule has 320 valence electrons. The van der Waals surface area contributed by atoms with Crippen molar-refractivity contribution in [3.05, 3.63) is 118 Å². The summed E-state index contributed by atoms with van der Waals surface area (Å²) >= 11 is 7.75. The van der Waals surface area contributed by atoms with Crippen LogP contribution >= 0.6 is 22.9 Å². The molecule has 0 unspecified atom stereocenters. The number of carbonyl (C=O) groups is 4. The molecule has 3 aromatic carbocycles. The molecule has 1 N–H and O–H groups in total.